The molecule has 0 N–H and O–H groups in total. The minimum absolute atomic E-state index is 0.466. The number of nitriles is 1. The van der Waals surface area contributed by atoms with Gasteiger partial charge >= 0.3 is 0 Å². The first-order valence-electron chi connectivity index (χ1n) is 7.84. The van der Waals surface area contributed by atoms with E-state index in [4.69, 9.17) is 9.68 Å². The van der Waals surface area contributed by atoms with E-state index in [2.05, 4.69) is 25.9 Å². The van der Waals surface area contributed by atoms with Crippen LogP contribution in [0.2, 0.25) is 0 Å². The van der Waals surface area contributed by atoms with Crippen LogP contribution >= 0.6 is 0 Å². The molecule has 6 nitrogen and oxygen atoms in total. The highest BCUT2D eigenvalue weighted by molar-refractivity contribution is 5.52. The third kappa shape index (κ3) is 2.72. The van der Waals surface area contributed by atoms with Gasteiger partial charge in [-0.1, -0.05) is 6.07 Å². The van der Waals surface area contributed by atoms with Crippen LogP contribution in [0.1, 0.15) is 23.4 Å². The quantitative estimate of drug-likeness (QED) is 0.723. The molecule has 1 aliphatic rings. The van der Waals surface area contributed by atoms with Crippen LogP contribution < -0.4 is 4.90 Å². The Morgan fingerprint density at radius 3 is 2.88 bits per heavy atom. The fourth-order valence-corrected chi connectivity index (χ4v) is 2.89. The Hall–Kier alpha value is -3.20. The lowest BCUT2D eigenvalue weighted by atomic mass is 10.2. The summed E-state index contributed by atoms with van der Waals surface area (Å²) in [6.07, 6.45) is 5.19. The number of benzene rings is 1. The van der Waals surface area contributed by atoms with Crippen LogP contribution in [0.4, 0.5) is 5.69 Å². The maximum atomic E-state index is 9.09. The maximum Gasteiger partial charge on any atom is 0.265 e. The molecule has 0 spiro atoms. The molecule has 0 radical (unpaired) electrons. The van der Waals surface area contributed by atoms with Crippen molar-refractivity contribution in [1.82, 2.24) is 15.0 Å². The van der Waals surface area contributed by atoms with Crippen LogP contribution in [0, 0.1) is 11.3 Å². The molecule has 0 amide bonds. The predicted octanol–water partition coefficient (Wildman–Crippen LogP) is 2.96. The van der Waals surface area contributed by atoms with Gasteiger partial charge in [0.15, 0.2) is 0 Å². The van der Waals surface area contributed by atoms with E-state index in [0.29, 0.717) is 23.8 Å². The summed E-state index contributed by atoms with van der Waals surface area (Å²) in [7, 11) is 0. The zero-order valence-electron chi connectivity index (χ0n) is 13.0. The monoisotopic (exact) mass is 317 g/mol. The molecule has 0 bridgehead atoms. The van der Waals surface area contributed by atoms with Gasteiger partial charge in [-0.25, -0.2) is 15.0 Å². The van der Waals surface area contributed by atoms with Crippen LogP contribution in [-0.4, -0.2) is 21.5 Å². The third-order valence-corrected chi connectivity index (χ3v) is 4.05. The normalized spacial score (nSPS) is 13.9. The summed E-state index contributed by atoms with van der Waals surface area (Å²) >= 11 is 0. The minimum atomic E-state index is 0.466. The molecular weight excluding hydrogens is 302 g/mol. The lowest BCUT2D eigenvalue weighted by Crippen LogP contribution is -2.22. The molecule has 0 saturated heterocycles. The topological polar surface area (TPSA) is 78.8 Å². The molecule has 2 aromatic heterocycles. The first-order chi connectivity index (χ1) is 11.8. The first kappa shape index (κ1) is 14.4. The molecule has 0 fully saturated rings. The molecule has 118 valence electrons. The molecule has 0 saturated carbocycles. The summed E-state index contributed by atoms with van der Waals surface area (Å²) in [5, 5.41) is 9.09. The van der Waals surface area contributed by atoms with Gasteiger partial charge in [-0.3, -0.25) is 0 Å². The Morgan fingerprint density at radius 1 is 1.17 bits per heavy atom. The van der Waals surface area contributed by atoms with Gasteiger partial charge in [-0.15, -0.1) is 0 Å². The van der Waals surface area contributed by atoms with Crippen molar-refractivity contribution < 1.29 is 4.42 Å². The summed E-state index contributed by atoms with van der Waals surface area (Å²) in [5.74, 6) is 1.81. The van der Waals surface area contributed by atoms with Gasteiger partial charge in [0.2, 0.25) is 5.82 Å². The number of oxazole rings is 1. The SMILES string of the molecule is N#Cc1cccc(N2CCCc3nc(-c4ncccn4)oc3C2)c1. The fourth-order valence-electron chi connectivity index (χ4n) is 2.89. The second-order valence-corrected chi connectivity index (χ2v) is 5.65. The second kappa shape index (κ2) is 6.13. The summed E-state index contributed by atoms with van der Waals surface area (Å²) in [6, 6.07) is 11.6. The molecule has 3 aromatic rings. The number of rotatable bonds is 2. The average molecular weight is 317 g/mol. The zero-order valence-corrected chi connectivity index (χ0v) is 13.0. The van der Waals surface area contributed by atoms with Gasteiger partial charge in [0.25, 0.3) is 5.89 Å². The highest BCUT2D eigenvalue weighted by Gasteiger charge is 2.22. The van der Waals surface area contributed by atoms with E-state index in [9.17, 15) is 0 Å². The maximum absolute atomic E-state index is 9.09. The number of nitrogens with zero attached hydrogens (tertiary/aromatic N) is 5. The van der Waals surface area contributed by atoms with Crippen molar-refractivity contribution >= 4 is 5.69 Å². The highest BCUT2D eigenvalue weighted by atomic mass is 16.4. The fraction of sp³-hybridized carbons (Fsp3) is 0.222. The number of anilines is 1. The van der Waals surface area contributed by atoms with E-state index in [0.717, 1.165) is 36.5 Å². The molecule has 3 heterocycles. The smallest absolute Gasteiger partial charge is 0.265 e. The Kier molecular flexibility index (Phi) is 3.67. The second-order valence-electron chi connectivity index (χ2n) is 5.65. The van der Waals surface area contributed by atoms with E-state index in [-0.39, 0.29) is 0 Å². The van der Waals surface area contributed by atoms with Gasteiger partial charge in [-0.2, -0.15) is 5.26 Å². The Labute approximate surface area is 139 Å². The van der Waals surface area contributed by atoms with Crippen molar-refractivity contribution in [3.63, 3.8) is 0 Å². The Balaban J connectivity index is 1.65. The molecule has 0 atom stereocenters. The van der Waals surface area contributed by atoms with Gasteiger partial charge in [0, 0.05) is 24.6 Å². The minimum Gasteiger partial charge on any atom is -0.437 e. The van der Waals surface area contributed by atoms with Crippen molar-refractivity contribution in [1.29, 1.82) is 5.26 Å². The summed E-state index contributed by atoms with van der Waals surface area (Å²) in [6.45, 7) is 1.53. The van der Waals surface area contributed by atoms with E-state index < -0.39 is 0 Å². The molecule has 4 rings (SSSR count). The van der Waals surface area contributed by atoms with Gasteiger partial charge < -0.3 is 9.32 Å². The van der Waals surface area contributed by atoms with Gasteiger partial charge in [0.05, 0.1) is 23.9 Å². The van der Waals surface area contributed by atoms with Crippen molar-refractivity contribution in [2.45, 2.75) is 19.4 Å². The van der Waals surface area contributed by atoms with Gasteiger partial charge in [0.1, 0.15) is 5.76 Å². The number of hydrogen-bond donors (Lipinski definition) is 0. The van der Waals surface area contributed by atoms with Crippen molar-refractivity contribution in [3.8, 4) is 17.8 Å². The lowest BCUT2D eigenvalue weighted by molar-refractivity contribution is 0.509. The molecule has 1 aliphatic heterocycles. The largest absolute Gasteiger partial charge is 0.437 e. The molecule has 1 aromatic carbocycles. The predicted molar refractivity (Wildman–Crippen MR) is 88.1 cm³/mol. The van der Waals surface area contributed by atoms with Crippen molar-refractivity contribution in [2.24, 2.45) is 0 Å². The van der Waals surface area contributed by atoms with E-state index >= 15 is 0 Å². The molecule has 24 heavy (non-hydrogen) atoms. The van der Waals surface area contributed by atoms with E-state index in [1.165, 1.54) is 0 Å². The lowest BCUT2D eigenvalue weighted by Gasteiger charge is -2.22. The average Bonchev–Trinajstić information content (AvgIpc) is 2.94. The van der Waals surface area contributed by atoms with Crippen LogP contribution in [0.3, 0.4) is 0 Å². The number of aromatic nitrogens is 3. The van der Waals surface area contributed by atoms with Crippen molar-refractivity contribution in [3.05, 3.63) is 59.7 Å². The standard InChI is InChI=1S/C18H15N5O/c19-11-13-4-1-5-14(10-13)23-9-2-6-15-16(12-23)24-18(22-15)17-20-7-3-8-21-17/h1,3-5,7-8,10H,2,6,9,12H2. The van der Waals surface area contributed by atoms with E-state index in [1.807, 2.05) is 24.3 Å². The van der Waals surface area contributed by atoms with Crippen LogP contribution in [-0.2, 0) is 13.0 Å². The number of aryl methyl sites for hydroxylation is 1. The van der Waals surface area contributed by atoms with Crippen molar-refractivity contribution in [2.75, 3.05) is 11.4 Å². The molecular formula is C18H15N5O. The zero-order chi connectivity index (χ0) is 16.4. The Morgan fingerprint density at radius 2 is 2.04 bits per heavy atom. The van der Waals surface area contributed by atoms with Crippen LogP contribution in [0.15, 0.2) is 47.1 Å². The van der Waals surface area contributed by atoms with E-state index in [1.54, 1.807) is 18.5 Å². The number of fused-ring (bicyclic) bond motifs is 1. The highest BCUT2D eigenvalue weighted by Crippen LogP contribution is 2.27. The molecule has 0 aliphatic carbocycles. The molecule has 6 heteroatoms. The Bertz CT molecular complexity index is 897. The van der Waals surface area contributed by atoms with Crippen LogP contribution in [0.25, 0.3) is 11.7 Å². The number of hydrogen-bond acceptors (Lipinski definition) is 6. The van der Waals surface area contributed by atoms with Gasteiger partial charge in [-0.05, 0) is 37.1 Å². The summed E-state index contributed by atoms with van der Waals surface area (Å²) in [4.78, 5) is 15.2. The first-order valence-corrected chi connectivity index (χ1v) is 7.84. The van der Waals surface area contributed by atoms with Crippen LogP contribution in [0.5, 0.6) is 0 Å². The summed E-state index contributed by atoms with van der Waals surface area (Å²) < 4.78 is 5.94. The third-order valence-electron chi connectivity index (χ3n) is 4.05. The molecule has 0 unspecified atom stereocenters. The summed E-state index contributed by atoms with van der Waals surface area (Å²) in [5.41, 5.74) is 2.65.